The van der Waals surface area contributed by atoms with Crippen LogP contribution in [0.25, 0.3) is 0 Å². The van der Waals surface area contributed by atoms with Crippen LogP contribution in [0.15, 0.2) is 0 Å². The minimum Gasteiger partial charge on any atom is -0.477 e. The molecule has 0 bridgehead atoms. The van der Waals surface area contributed by atoms with Gasteiger partial charge in [-0.2, -0.15) is 0 Å². The molecule has 40 atom stereocenters. The molecule has 0 saturated carbocycles. The SMILES string of the molecule is CC(=O)N[C@H]1[C@H]([C@H](O)[C@H](O)CO)OC(OC[C@H]2OC(O[C@H]3[C@H](O)[C@@H](NC(C)=O)C(O[C@@H]4C(OC[C@H]5OC(O[C@H]6[C@H](O)[C@@H](NC(C)=O)C(O[C@@H]([C@H](O)[C@H](CO)NC(C)=O)[C@H](O)CO)O[C@@H]6CO)[C@@H](O)[C@@H](OC6O[C@H](CO)[C@@H](O)[C@H](O)[C@@H]6O)[C@@H]5O)O[C@H](CO)[C@@H](O)[C@@H]4O)O[C@@H]3CO)[C@H](O)[C@@H](O)[C@H]2O)(C(=O)O)C[C@@H]1O. The van der Waals surface area contributed by atoms with Gasteiger partial charge in [0, 0.05) is 34.1 Å². The number of ether oxygens (including phenoxy) is 14. The van der Waals surface area contributed by atoms with Gasteiger partial charge in [-0.1, -0.05) is 0 Å². The summed E-state index contributed by atoms with van der Waals surface area (Å²) in [6.45, 7) is -6.34. The number of aliphatic hydroxyl groups is 24. The topological polar surface area (TPSA) is 768 Å². The van der Waals surface area contributed by atoms with E-state index in [0.29, 0.717) is 0 Å². The van der Waals surface area contributed by atoms with E-state index in [0.717, 1.165) is 27.7 Å². The zero-order valence-corrected chi connectivity index (χ0v) is 57.5. The molecule has 0 radical (unpaired) electrons. The van der Waals surface area contributed by atoms with Crippen molar-refractivity contribution in [3.8, 4) is 0 Å². The first-order chi connectivity index (χ1) is 50.4. The van der Waals surface area contributed by atoms with E-state index in [2.05, 4.69) is 21.3 Å². The second-order valence-electron chi connectivity index (χ2n) is 26.6. The second kappa shape index (κ2) is 39.5. The minimum absolute atomic E-state index is 0.790. The number of aliphatic hydroxyl groups excluding tert-OH is 24. The van der Waals surface area contributed by atoms with Crippen molar-refractivity contribution in [1.82, 2.24) is 21.3 Å². The zero-order valence-electron chi connectivity index (χ0n) is 57.5. The molecule has 7 heterocycles. The fourth-order valence-electron chi connectivity index (χ4n) is 13.2. The van der Waals surface area contributed by atoms with E-state index in [4.69, 9.17) is 66.3 Å². The second-order valence-corrected chi connectivity index (χ2v) is 26.6. The van der Waals surface area contributed by atoms with Crippen LogP contribution in [0.1, 0.15) is 34.1 Å². The highest BCUT2D eigenvalue weighted by Crippen LogP contribution is 2.39. The molecule has 48 heteroatoms. The number of carbonyl (C=O) groups is 5. The Morgan fingerprint density at radius 2 is 0.841 bits per heavy atom. The average molecular weight is 1570 g/mol. The zero-order chi connectivity index (χ0) is 79.7. The Morgan fingerprint density at radius 1 is 0.421 bits per heavy atom. The molecule has 0 aromatic rings. The molecule has 48 nitrogen and oxygen atoms in total. The molecule has 107 heavy (non-hydrogen) atoms. The van der Waals surface area contributed by atoms with Crippen molar-refractivity contribution in [2.75, 3.05) is 59.5 Å². The lowest BCUT2D eigenvalue weighted by Crippen LogP contribution is -2.70. The molecule has 7 aliphatic rings. The number of carboxylic acid groups (broad SMARTS) is 1. The van der Waals surface area contributed by atoms with Crippen LogP contribution in [-0.4, -0.2) is 461 Å². The van der Waals surface area contributed by atoms with Gasteiger partial charge in [0.05, 0.1) is 77.6 Å². The van der Waals surface area contributed by atoms with Crippen LogP contribution in [0.5, 0.6) is 0 Å². The molecule has 0 spiro atoms. The van der Waals surface area contributed by atoms with Crippen molar-refractivity contribution in [3.05, 3.63) is 0 Å². The Bertz CT molecular complexity index is 2820. The van der Waals surface area contributed by atoms with E-state index in [1.165, 1.54) is 0 Å². The third-order valence-electron chi connectivity index (χ3n) is 18.9. The number of nitrogens with one attached hydrogen (secondary N) is 4. The summed E-state index contributed by atoms with van der Waals surface area (Å²) in [5, 5.41) is 282. The fourth-order valence-corrected chi connectivity index (χ4v) is 13.2. The largest absolute Gasteiger partial charge is 0.477 e. The molecule has 7 rings (SSSR count). The van der Waals surface area contributed by atoms with Gasteiger partial charge in [-0.25, -0.2) is 4.79 Å². The monoisotopic (exact) mass is 1570 g/mol. The standard InChI is InChI=1S/C59H100N4O44/c1-15(71)60-19(6-64)32(78)46(22(77)8-66)102-52-30(62-17(3)73)38(84)48(26(12-70)98-52)104-56-45(91)50(105-54-43(89)40(86)34(80)23(9-67)96-54)37(83)27(100-56)13-94-57-51(42(88)35(81)24(10-68)97-57)106-53-31(63-18(4)74)39(85)47(25(11-69)99-53)103-55-44(90)41(87)36(82)28(101-55)14-95-59(58(92)93)5-20(75)29(61-16(2)72)49(107-59)33(79)21(76)7-65/h19-57,64-70,75-91H,5-14H2,1-4H3,(H,60,71)(H,61,72)(H,62,73)(H,63,74)(H,92,93)/t19-,20-,21+,22+,23+,24+,25+,26+,27+,28+,29+,30+,31+,32+,33+,34+,35+,36-,37+,38+,39+,40-,41-,42-,43-,44+,45-,46+,47+,48+,49+,50-,51-,52?,53?,54?,55?,56?,57?,59?/m0/s1. The molecule has 0 aromatic carbocycles. The Balaban J connectivity index is 1.15. The van der Waals surface area contributed by atoms with Gasteiger partial charge in [0.1, 0.15) is 183 Å². The summed E-state index contributed by atoms with van der Waals surface area (Å²) < 4.78 is 81.7. The highest BCUT2D eigenvalue weighted by atomic mass is 16.8. The number of hydrogen-bond acceptors (Lipinski definition) is 43. The van der Waals surface area contributed by atoms with Gasteiger partial charge in [-0.3, -0.25) is 19.2 Å². The van der Waals surface area contributed by atoms with Crippen molar-refractivity contribution in [3.63, 3.8) is 0 Å². The predicted octanol–water partition coefficient (Wildman–Crippen LogP) is -19.0. The summed E-state index contributed by atoms with van der Waals surface area (Å²) in [4.78, 5) is 62.6. The van der Waals surface area contributed by atoms with Crippen LogP contribution in [-0.2, 0) is 90.3 Å². The first kappa shape index (κ1) is 90.0. The smallest absolute Gasteiger partial charge is 0.364 e. The number of rotatable bonds is 33. The Morgan fingerprint density at radius 3 is 1.32 bits per heavy atom. The molecular weight excluding hydrogens is 1470 g/mol. The van der Waals surface area contributed by atoms with Gasteiger partial charge in [0.2, 0.25) is 23.6 Å². The summed E-state index contributed by atoms with van der Waals surface area (Å²) >= 11 is 0. The highest BCUT2D eigenvalue weighted by molar-refractivity contribution is 5.77. The third kappa shape index (κ3) is 20.8. The molecule has 7 aliphatic heterocycles. The van der Waals surface area contributed by atoms with Gasteiger partial charge >= 0.3 is 5.97 Å². The third-order valence-corrected chi connectivity index (χ3v) is 18.9. The molecular formula is C59H100N4O44. The summed E-state index contributed by atoms with van der Waals surface area (Å²) in [5.74, 6) is -8.62. The summed E-state index contributed by atoms with van der Waals surface area (Å²) in [6, 6.07) is -7.16. The molecule has 29 N–H and O–H groups in total. The Labute approximate surface area is 605 Å². The maximum atomic E-state index is 13.0. The van der Waals surface area contributed by atoms with E-state index in [1.807, 2.05) is 0 Å². The van der Waals surface area contributed by atoms with E-state index >= 15 is 0 Å². The van der Waals surface area contributed by atoms with E-state index in [-0.39, 0.29) is 0 Å². The van der Waals surface area contributed by atoms with Gasteiger partial charge < -0.3 is 215 Å². The molecule has 4 amide bonds. The molecule has 0 aliphatic carbocycles. The summed E-state index contributed by atoms with van der Waals surface area (Å²) in [5.41, 5.74) is 0. The van der Waals surface area contributed by atoms with E-state index < -0.39 is 340 Å². The minimum atomic E-state index is -3.05. The number of carbonyl (C=O) groups excluding carboxylic acids is 4. The number of carboxylic acids is 1. The number of hydrogen-bond donors (Lipinski definition) is 29. The van der Waals surface area contributed by atoms with Crippen molar-refractivity contribution in [2.45, 2.75) is 279 Å². The predicted molar refractivity (Wildman–Crippen MR) is 330 cm³/mol. The molecule has 0 aromatic heterocycles. The van der Waals surface area contributed by atoms with Crippen LogP contribution in [0.4, 0.5) is 0 Å². The first-order valence-corrected chi connectivity index (χ1v) is 33.7. The van der Waals surface area contributed by atoms with Crippen LogP contribution in [0, 0.1) is 0 Å². The molecule has 7 saturated heterocycles. The van der Waals surface area contributed by atoms with Crippen LogP contribution in [0.3, 0.4) is 0 Å². The maximum Gasteiger partial charge on any atom is 0.364 e. The molecule has 620 valence electrons. The highest BCUT2D eigenvalue weighted by Gasteiger charge is 2.61. The van der Waals surface area contributed by atoms with Gasteiger partial charge in [0.25, 0.3) is 5.79 Å². The Hall–Kier alpha value is -4.17. The number of aliphatic carboxylic acids is 1. The van der Waals surface area contributed by atoms with Crippen molar-refractivity contribution >= 4 is 29.6 Å². The van der Waals surface area contributed by atoms with Crippen LogP contribution in [0.2, 0.25) is 0 Å². The normalized spacial score (nSPS) is 43.8. The lowest BCUT2D eigenvalue weighted by molar-refractivity contribution is -0.388. The van der Waals surface area contributed by atoms with Crippen molar-refractivity contribution in [1.29, 1.82) is 0 Å². The van der Waals surface area contributed by atoms with Crippen LogP contribution < -0.4 is 21.3 Å². The van der Waals surface area contributed by atoms with Gasteiger partial charge in [-0.15, -0.1) is 0 Å². The van der Waals surface area contributed by atoms with Gasteiger partial charge in [-0.05, 0) is 0 Å². The summed E-state index contributed by atoms with van der Waals surface area (Å²) in [6.07, 6.45) is -75.9. The lowest BCUT2D eigenvalue weighted by atomic mass is 9.88. The van der Waals surface area contributed by atoms with Crippen molar-refractivity contribution in [2.24, 2.45) is 0 Å². The fraction of sp³-hybridized carbons (Fsp3) is 0.915. The average Bonchev–Trinajstić information content (AvgIpc) is 0.786. The first-order valence-electron chi connectivity index (χ1n) is 33.7. The van der Waals surface area contributed by atoms with Crippen LogP contribution >= 0.6 is 0 Å². The Kier molecular flexibility index (Phi) is 33.3. The van der Waals surface area contributed by atoms with Gasteiger partial charge in [0.15, 0.2) is 37.7 Å². The van der Waals surface area contributed by atoms with Crippen molar-refractivity contribution < 1.29 is 218 Å². The molecule has 7 unspecified atom stereocenters. The lowest BCUT2D eigenvalue weighted by Gasteiger charge is -2.50. The number of amides is 4. The maximum absolute atomic E-state index is 13.0. The summed E-state index contributed by atoms with van der Waals surface area (Å²) in [7, 11) is 0. The quantitative estimate of drug-likeness (QED) is 0.0290. The molecule has 7 fully saturated rings. The van der Waals surface area contributed by atoms with E-state index in [9.17, 15) is 152 Å². The van der Waals surface area contributed by atoms with E-state index in [1.54, 1.807) is 0 Å².